The van der Waals surface area contributed by atoms with Crippen molar-refractivity contribution in [2.24, 2.45) is 0 Å². The normalized spacial score (nSPS) is 30.9. The van der Waals surface area contributed by atoms with E-state index >= 15 is 0 Å². The molecule has 1 saturated heterocycles. The molecule has 3 aliphatic rings. The van der Waals surface area contributed by atoms with Crippen LogP contribution in [0.3, 0.4) is 0 Å². The summed E-state index contributed by atoms with van der Waals surface area (Å²) in [6.45, 7) is 0.597. The Bertz CT molecular complexity index is 669. The van der Waals surface area contributed by atoms with Gasteiger partial charge < -0.3 is 10.1 Å². The van der Waals surface area contributed by atoms with Gasteiger partial charge >= 0.3 is 5.97 Å². The van der Waals surface area contributed by atoms with Crippen LogP contribution in [0.1, 0.15) is 24.8 Å². The number of benzene rings is 1. The summed E-state index contributed by atoms with van der Waals surface area (Å²) >= 11 is 5.99. The summed E-state index contributed by atoms with van der Waals surface area (Å²) in [4.78, 5) is 17.6. The Labute approximate surface area is 139 Å². The van der Waals surface area contributed by atoms with Crippen LogP contribution in [0.25, 0.3) is 0 Å². The van der Waals surface area contributed by atoms with Gasteiger partial charge in [-0.2, -0.15) is 0 Å². The first-order valence-corrected chi connectivity index (χ1v) is 8.19. The molecule has 6 heteroatoms. The van der Waals surface area contributed by atoms with Gasteiger partial charge in [-0.15, -0.1) is 0 Å². The largest absolute Gasteiger partial charge is 0.468 e. The molecule has 1 aliphatic carbocycles. The summed E-state index contributed by atoms with van der Waals surface area (Å²) in [5.74, 6) is -0.244. The van der Waals surface area contributed by atoms with Crippen LogP contribution < -0.4 is 10.8 Å². The lowest BCUT2D eigenvalue weighted by atomic mass is 9.89. The van der Waals surface area contributed by atoms with E-state index in [1.165, 1.54) is 12.7 Å². The van der Waals surface area contributed by atoms with Crippen LogP contribution in [0.5, 0.6) is 0 Å². The maximum absolute atomic E-state index is 11.7. The smallest absolute Gasteiger partial charge is 0.322 e. The number of ether oxygens (including phenoxy) is 1. The number of methoxy groups -OCH3 is 1. The molecule has 0 aromatic heterocycles. The van der Waals surface area contributed by atoms with Crippen molar-refractivity contribution in [3.8, 4) is 0 Å². The van der Waals surface area contributed by atoms with Gasteiger partial charge in [0.25, 0.3) is 0 Å². The van der Waals surface area contributed by atoms with Crippen LogP contribution in [0, 0.1) is 0 Å². The standard InChI is InChI=1S/C17H19ClN2O3/c1-22-15(21)13-8-16(10-19-13)9-14(20-23-16)17(6-7-17)11-2-4-12(18)5-3-11/h2-5,9,13,19-20H,6-8,10H2,1H3/t13-,16-/m0/s1. The molecule has 0 bridgehead atoms. The lowest BCUT2D eigenvalue weighted by Crippen LogP contribution is -2.32. The van der Waals surface area contributed by atoms with Crippen LogP contribution in [0.15, 0.2) is 36.0 Å². The quantitative estimate of drug-likeness (QED) is 0.829. The van der Waals surface area contributed by atoms with Gasteiger partial charge in [0.05, 0.1) is 7.11 Å². The maximum atomic E-state index is 11.7. The van der Waals surface area contributed by atoms with E-state index in [0.29, 0.717) is 13.0 Å². The minimum absolute atomic E-state index is 0.00254. The Kier molecular flexibility index (Phi) is 3.41. The summed E-state index contributed by atoms with van der Waals surface area (Å²) in [6.07, 6.45) is 4.89. The number of rotatable bonds is 3. The molecule has 2 atom stereocenters. The van der Waals surface area contributed by atoms with E-state index in [9.17, 15) is 4.79 Å². The molecular formula is C17H19ClN2O3. The Morgan fingerprint density at radius 1 is 1.35 bits per heavy atom. The van der Waals surface area contributed by atoms with Crippen LogP contribution in [-0.4, -0.2) is 31.3 Å². The van der Waals surface area contributed by atoms with Crippen molar-refractivity contribution >= 4 is 17.6 Å². The molecule has 1 aromatic carbocycles. The highest BCUT2D eigenvalue weighted by Gasteiger charge is 2.54. The summed E-state index contributed by atoms with van der Waals surface area (Å²) in [7, 11) is 1.41. The fourth-order valence-electron chi connectivity index (χ4n) is 3.60. The molecule has 5 nitrogen and oxygen atoms in total. The Morgan fingerprint density at radius 3 is 2.74 bits per heavy atom. The number of halogens is 1. The molecule has 0 radical (unpaired) electrons. The van der Waals surface area contributed by atoms with E-state index in [4.69, 9.17) is 21.2 Å². The summed E-state index contributed by atoms with van der Waals surface area (Å²) < 4.78 is 4.81. The van der Waals surface area contributed by atoms with Crippen molar-refractivity contribution in [2.75, 3.05) is 13.7 Å². The lowest BCUT2D eigenvalue weighted by molar-refractivity contribution is -0.143. The Balaban J connectivity index is 1.57. The third-order valence-corrected chi connectivity index (χ3v) is 5.37. The maximum Gasteiger partial charge on any atom is 0.322 e. The number of allylic oxidation sites excluding steroid dienone is 1. The van der Waals surface area contributed by atoms with Crippen LogP contribution >= 0.6 is 11.6 Å². The summed E-state index contributed by atoms with van der Waals surface area (Å²) in [6, 6.07) is 7.68. The predicted molar refractivity (Wildman–Crippen MR) is 85.8 cm³/mol. The van der Waals surface area contributed by atoms with Gasteiger partial charge in [-0.05, 0) is 36.6 Å². The number of hydrogen-bond donors (Lipinski definition) is 2. The average Bonchev–Trinajstić information content (AvgIpc) is 3.11. The van der Waals surface area contributed by atoms with E-state index in [2.05, 4.69) is 29.0 Å². The SMILES string of the molecule is COC(=O)[C@@H]1C[C@]2(C=C(C3(c4ccc(Cl)cc4)CC3)NO2)CN1. The number of hydrogen-bond acceptors (Lipinski definition) is 5. The number of esters is 1. The molecule has 1 saturated carbocycles. The number of carbonyl (C=O) groups excluding carboxylic acids is 1. The highest BCUT2D eigenvalue weighted by atomic mass is 35.5. The highest BCUT2D eigenvalue weighted by molar-refractivity contribution is 6.30. The van der Waals surface area contributed by atoms with Crippen molar-refractivity contribution in [1.29, 1.82) is 0 Å². The second kappa shape index (κ2) is 5.23. The van der Waals surface area contributed by atoms with Crippen molar-refractivity contribution in [3.05, 3.63) is 46.6 Å². The van der Waals surface area contributed by atoms with Gasteiger partial charge in [-0.3, -0.25) is 15.1 Å². The molecule has 4 rings (SSSR count). The second-order valence-electron chi connectivity index (χ2n) is 6.58. The third-order valence-electron chi connectivity index (χ3n) is 5.12. The molecule has 2 N–H and O–H groups in total. The van der Waals surface area contributed by atoms with Crippen molar-refractivity contribution in [1.82, 2.24) is 10.8 Å². The zero-order valence-corrected chi connectivity index (χ0v) is 13.7. The molecular weight excluding hydrogens is 316 g/mol. The van der Waals surface area contributed by atoms with Gasteiger partial charge in [-0.1, -0.05) is 23.7 Å². The van der Waals surface area contributed by atoms with Gasteiger partial charge in [-0.25, -0.2) is 0 Å². The first-order valence-electron chi connectivity index (χ1n) is 7.82. The predicted octanol–water partition coefficient (Wildman–Crippen LogP) is 2.06. The molecule has 2 aliphatic heterocycles. The molecule has 0 amide bonds. The monoisotopic (exact) mass is 334 g/mol. The molecule has 2 heterocycles. The Morgan fingerprint density at radius 2 is 2.09 bits per heavy atom. The lowest BCUT2D eigenvalue weighted by Gasteiger charge is -2.18. The number of hydroxylamine groups is 1. The Hall–Kier alpha value is -1.56. The molecule has 0 unspecified atom stereocenters. The zero-order chi connectivity index (χ0) is 16.1. The van der Waals surface area contributed by atoms with Gasteiger partial charge in [0.1, 0.15) is 11.6 Å². The van der Waals surface area contributed by atoms with Gasteiger partial charge in [0.15, 0.2) is 0 Å². The zero-order valence-electron chi connectivity index (χ0n) is 12.9. The van der Waals surface area contributed by atoms with Crippen LogP contribution in [0.4, 0.5) is 0 Å². The minimum atomic E-state index is -0.476. The van der Waals surface area contributed by atoms with E-state index in [1.807, 2.05) is 12.1 Å². The van der Waals surface area contributed by atoms with E-state index in [1.54, 1.807) is 0 Å². The van der Waals surface area contributed by atoms with Crippen LogP contribution in [0.2, 0.25) is 5.02 Å². The van der Waals surface area contributed by atoms with Gasteiger partial charge in [0, 0.05) is 29.1 Å². The number of carbonyl (C=O) groups is 1. The van der Waals surface area contributed by atoms with Crippen molar-refractivity contribution < 1.29 is 14.4 Å². The van der Waals surface area contributed by atoms with E-state index in [-0.39, 0.29) is 17.4 Å². The molecule has 122 valence electrons. The van der Waals surface area contributed by atoms with E-state index in [0.717, 1.165) is 23.6 Å². The fraction of sp³-hybridized carbons (Fsp3) is 0.471. The number of nitrogens with one attached hydrogen (secondary N) is 2. The van der Waals surface area contributed by atoms with Crippen LogP contribution in [-0.2, 0) is 19.8 Å². The molecule has 1 spiro atoms. The fourth-order valence-corrected chi connectivity index (χ4v) is 3.73. The molecule has 23 heavy (non-hydrogen) atoms. The topological polar surface area (TPSA) is 59.6 Å². The van der Waals surface area contributed by atoms with Crippen molar-refractivity contribution in [2.45, 2.75) is 36.3 Å². The molecule has 1 aromatic rings. The average molecular weight is 335 g/mol. The molecule has 2 fully saturated rings. The first-order chi connectivity index (χ1) is 11.1. The highest BCUT2D eigenvalue weighted by Crippen LogP contribution is 2.55. The summed E-state index contributed by atoms with van der Waals surface area (Å²) in [5, 5.41) is 3.92. The van der Waals surface area contributed by atoms with Gasteiger partial charge in [0.2, 0.25) is 0 Å². The third kappa shape index (κ3) is 2.43. The first kappa shape index (κ1) is 15.0. The summed E-state index contributed by atoms with van der Waals surface area (Å²) in [5.41, 5.74) is 4.98. The second-order valence-corrected chi connectivity index (χ2v) is 7.01. The minimum Gasteiger partial charge on any atom is -0.468 e. The van der Waals surface area contributed by atoms with Crippen molar-refractivity contribution in [3.63, 3.8) is 0 Å². The van der Waals surface area contributed by atoms with E-state index < -0.39 is 5.60 Å².